The maximum Gasteiger partial charge on any atom is 0.245 e. The van der Waals surface area contributed by atoms with E-state index in [1.165, 1.54) is 11.3 Å². The molecule has 0 bridgehead atoms. The SMILES string of the molecule is O=S1(=O)c2c(Br)sc(Br)c2CN1CCCCCCOOC/C=C/c1ccccc1. The maximum absolute atomic E-state index is 12.6. The minimum Gasteiger partial charge on any atom is -0.236 e. The molecule has 0 atom stereocenters. The molecule has 158 valence electrons. The first-order valence-corrected chi connectivity index (χ1v) is 13.3. The summed E-state index contributed by atoms with van der Waals surface area (Å²) in [4.78, 5) is 10.7. The van der Waals surface area contributed by atoms with Crippen LogP contribution in [0, 0.1) is 0 Å². The molecule has 0 spiro atoms. The molecule has 1 aromatic heterocycles. The van der Waals surface area contributed by atoms with Gasteiger partial charge in [-0.1, -0.05) is 55.3 Å². The molecule has 0 saturated heterocycles. The predicted molar refractivity (Wildman–Crippen MR) is 123 cm³/mol. The Bertz CT molecular complexity index is 929. The summed E-state index contributed by atoms with van der Waals surface area (Å²) in [6.07, 6.45) is 7.57. The minimum absolute atomic E-state index is 0.414. The first-order valence-electron chi connectivity index (χ1n) is 9.43. The molecule has 0 unspecified atom stereocenters. The highest BCUT2D eigenvalue weighted by molar-refractivity contribution is 9.12. The lowest BCUT2D eigenvalue weighted by atomic mass is 10.2. The standard InChI is InChI=1S/C20H23Br2NO4S2/c21-19-17-15-23(29(24,25)18(17)20(22)28-19)12-6-1-2-7-13-26-27-14-8-11-16-9-4-3-5-10-16/h3-5,8-11H,1-2,6-7,12-15H2/b11-8+. The Labute approximate surface area is 192 Å². The highest BCUT2D eigenvalue weighted by Crippen LogP contribution is 2.45. The van der Waals surface area contributed by atoms with Crippen LogP contribution in [0.1, 0.15) is 36.8 Å². The number of hydrogen-bond donors (Lipinski definition) is 0. The molecule has 2 heterocycles. The van der Waals surface area contributed by atoms with Gasteiger partial charge in [-0.2, -0.15) is 4.31 Å². The number of benzene rings is 1. The zero-order valence-electron chi connectivity index (χ0n) is 15.9. The van der Waals surface area contributed by atoms with Crippen LogP contribution in [0.25, 0.3) is 6.08 Å². The summed E-state index contributed by atoms with van der Waals surface area (Å²) in [6.45, 7) is 1.95. The van der Waals surface area contributed by atoms with E-state index in [1.54, 1.807) is 4.31 Å². The number of nitrogens with zero attached hydrogens (tertiary/aromatic N) is 1. The summed E-state index contributed by atoms with van der Waals surface area (Å²) in [5.74, 6) is 0. The number of fused-ring (bicyclic) bond motifs is 1. The Morgan fingerprint density at radius 1 is 1.03 bits per heavy atom. The topological polar surface area (TPSA) is 55.8 Å². The number of halogens is 2. The van der Waals surface area contributed by atoms with Crippen molar-refractivity contribution >= 4 is 59.3 Å². The lowest BCUT2D eigenvalue weighted by Crippen LogP contribution is -2.25. The lowest BCUT2D eigenvalue weighted by Gasteiger charge is -2.14. The second kappa shape index (κ2) is 11.2. The third kappa shape index (κ3) is 6.22. The average molecular weight is 565 g/mol. The molecule has 3 rings (SSSR count). The van der Waals surface area contributed by atoms with Gasteiger partial charge in [-0.25, -0.2) is 18.2 Å². The quantitative estimate of drug-likeness (QED) is 0.191. The van der Waals surface area contributed by atoms with E-state index in [-0.39, 0.29) is 0 Å². The first kappa shape index (κ1) is 23.1. The van der Waals surface area contributed by atoms with Gasteiger partial charge in [0.1, 0.15) is 11.5 Å². The zero-order valence-corrected chi connectivity index (χ0v) is 20.7. The molecular weight excluding hydrogens is 542 g/mol. The van der Waals surface area contributed by atoms with Crippen molar-refractivity contribution in [3.05, 3.63) is 55.1 Å². The van der Waals surface area contributed by atoms with Crippen LogP contribution >= 0.6 is 43.2 Å². The number of thiophene rings is 1. The summed E-state index contributed by atoms with van der Waals surface area (Å²) < 4.78 is 28.4. The third-order valence-corrected chi connectivity index (χ3v) is 9.55. The van der Waals surface area contributed by atoms with Gasteiger partial charge in [-0.15, -0.1) is 11.3 Å². The smallest absolute Gasteiger partial charge is 0.236 e. The van der Waals surface area contributed by atoms with Crippen LogP contribution in [0.15, 0.2) is 48.9 Å². The van der Waals surface area contributed by atoms with Crippen LogP contribution in [0.4, 0.5) is 0 Å². The molecule has 0 fully saturated rings. The van der Waals surface area contributed by atoms with Gasteiger partial charge in [0, 0.05) is 18.7 Å². The Balaban J connectivity index is 1.24. The highest BCUT2D eigenvalue weighted by atomic mass is 79.9. The van der Waals surface area contributed by atoms with Crippen molar-refractivity contribution < 1.29 is 18.2 Å². The molecule has 29 heavy (non-hydrogen) atoms. The van der Waals surface area contributed by atoms with E-state index < -0.39 is 10.0 Å². The van der Waals surface area contributed by atoms with Crippen LogP contribution in [-0.4, -0.2) is 32.5 Å². The van der Waals surface area contributed by atoms with Gasteiger partial charge in [-0.3, -0.25) is 0 Å². The normalized spacial score (nSPS) is 15.9. The number of sulfonamides is 1. The largest absolute Gasteiger partial charge is 0.245 e. The summed E-state index contributed by atoms with van der Waals surface area (Å²) in [7, 11) is -3.37. The fourth-order valence-electron chi connectivity index (χ4n) is 3.07. The monoisotopic (exact) mass is 563 g/mol. The first-order chi connectivity index (χ1) is 14.0. The second-order valence-electron chi connectivity index (χ2n) is 6.63. The van der Waals surface area contributed by atoms with Crippen LogP contribution in [0.2, 0.25) is 0 Å². The molecule has 1 aliphatic rings. The summed E-state index contributed by atoms with van der Waals surface area (Å²) in [6, 6.07) is 10.0. The molecule has 0 radical (unpaired) electrons. The van der Waals surface area contributed by atoms with E-state index in [9.17, 15) is 8.42 Å². The fraction of sp³-hybridized carbons (Fsp3) is 0.400. The maximum atomic E-state index is 12.6. The van der Waals surface area contributed by atoms with Crippen molar-refractivity contribution in [3.63, 3.8) is 0 Å². The molecule has 0 amide bonds. The highest BCUT2D eigenvalue weighted by Gasteiger charge is 2.39. The number of rotatable bonds is 11. The van der Waals surface area contributed by atoms with Crippen molar-refractivity contribution in [2.45, 2.75) is 37.1 Å². The van der Waals surface area contributed by atoms with Crippen LogP contribution in [-0.2, 0) is 26.3 Å². The van der Waals surface area contributed by atoms with Crippen molar-refractivity contribution in [2.75, 3.05) is 19.8 Å². The van der Waals surface area contributed by atoms with E-state index in [0.717, 1.165) is 40.6 Å². The van der Waals surface area contributed by atoms with E-state index in [4.69, 9.17) is 9.78 Å². The molecule has 1 aromatic carbocycles. The van der Waals surface area contributed by atoms with Gasteiger partial charge in [0.15, 0.2) is 0 Å². The summed E-state index contributed by atoms with van der Waals surface area (Å²) >= 11 is 8.24. The molecule has 0 saturated carbocycles. The fourth-order valence-corrected chi connectivity index (χ4v) is 8.78. The predicted octanol–water partition coefficient (Wildman–Crippen LogP) is 6.00. The molecule has 5 nitrogen and oxygen atoms in total. The van der Waals surface area contributed by atoms with Gasteiger partial charge in [0.05, 0.1) is 14.2 Å². The zero-order chi connectivity index (χ0) is 20.7. The van der Waals surface area contributed by atoms with Crippen molar-refractivity contribution in [3.8, 4) is 0 Å². The second-order valence-corrected chi connectivity index (χ2v) is 12.2. The third-order valence-electron chi connectivity index (χ3n) is 4.54. The van der Waals surface area contributed by atoms with Crippen molar-refractivity contribution in [2.24, 2.45) is 0 Å². The number of hydrogen-bond acceptors (Lipinski definition) is 5. The summed E-state index contributed by atoms with van der Waals surface area (Å²) in [5, 5.41) is 0. The molecular formula is C20H23Br2NO4S2. The Morgan fingerprint density at radius 3 is 2.55 bits per heavy atom. The molecule has 1 aliphatic heterocycles. The van der Waals surface area contributed by atoms with Gasteiger partial charge in [-0.05, 0) is 50.3 Å². The Kier molecular flexibility index (Phi) is 8.91. The van der Waals surface area contributed by atoms with Gasteiger partial charge in [0.25, 0.3) is 0 Å². The average Bonchev–Trinajstić information content (AvgIpc) is 3.14. The molecule has 0 aliphatic carbocycles. The van der Waals surface area contributed by atoms with Crippen LogP contribution in [0.5, 0.6) is 0 Å². The summed E-state index contributed by atoms with van der Waals surface area (Å²) in [5.41, 5.74) is 2.00. The van der Waals surface area contributed by atoms with Gasteiger partial charge in [0.2, 0.25) is 10.0 Å². The lowest BCUT2D eigenvalue weighted by molar-refractivity contribution is -0.286. The van der Waals surface area contributed by atoms with Crippen molar-refractivity contribution in [1.82, 2.24) is 4.31 Å². The van der Waals surface area contributed by atoms with Crippen molar-refractivity contribution in [1.29, 1.82) is 0 Å². The molecule has 0 N–H and O–H groups in total. The molecule has 2 aromatic rings. The Hall–Kier alpha value is -0.550. The van der Waals surface area contributed by atoms with Crippen LogP contribution < -0.4 is 0 Å². The van der Waals surface area contributed by atoms with Gasteiger partial charge < -0.3 is 0 Å². The van der Waals surface area contributed by atoms with E-state index in [1.807, 2.05) is 42.5 Å². The van der Waals surface area contributed by atoms with E-state index in [0.29, 0.717) is 35.0 Å². The van der Waals surface area contributed by atoms with Crippen LogP contribution in [0.3, 0.4) is 0 Å². The Morgan fingerprint density at radius 2 is 1.79 bits per heavy atom. The molecule has 9 heteroatoms. The number of unbranched alkanes of at least 4 members (excludes halogenated alkanes) is 3. The minimum atomic E-state index is -3.37. The van der Waals surface area contributed by atoms with Gasteiger partial charge >= 0.3 is 0 Å². The van der Waals surface area contributed by atoms with E-state index in [2.05, 4.69) is 31.9 Å². The van der Waals surface area contributed by atoms with E-state index >= 15 is 0 Å².